The lowest BCUT2D eigenvalue weighted by Gasteiger charge is -2.24. The molecule has 1 saturated heterocycles. The number of rotatable bonds is 3. The number of nitrogens with one attached hydrogen (secondary N) is 1. The minimum absolute atomic E-state index is 0.0850. The minimum Gasteiger partial charge on any atom is -0.460 e. The predicted octanol–water partition coefficient (Wildman–Crippen LogP) is 2.65. The standard InChI is InChI=1S/C16H21NO2/c18-16(19-11-12-6-2-1-3-7-12)15-10-13-8-4-5-9-14(13)17-15/h1-3,6-7,13-15,17H,4-5,8-11H2/t13-,14-,15+/m0/s1. The zero-order valence-corrected chi connectivity index (χ0v) is 11.2. The smallest absolute Gasteiger partial charge is 0.323 e. The Morgan fingerprint density at radius 2 is 2.00 bits per heavy atom. The summed E-state index contributed by atoms with van der Waals surface area (Å²) in [5, 5.41) is 3.45. The number of benzene rings is 1. The largest absolute Gasteiger partial charge is 0.460 e. The van der Waals surface area contributed by atoms with Crippen LogP contribution in [-0.2, 0) is 16.1 Å². The Morgan fingerprint density at radius 1 is 1.21 bits per heavy atom. The Hall–Kier alpha value is -1.35. The summed E-state index contributed by atoms with van der Waals surface area (Å²) in [6, 6.07) is 10.3. The van der Waals surface area contributed by atoms with Gasteiger partial charge in [0.05, 0.1) is 0 Å². The number of esters is 1. The fourth-order valence-corrected chi connectivity index (χ4v) is 3.33. The van der Waals surface area contributed by atoms with Crippen molar-refractivity contribution in [2.45, 2.75) is 50.8 Å². The van der Waals surface area contributed by atoms with Crippen molar-refractivity contribution in [3.63, 3.8) is 0 Å². The summed E-state index contributed by atoms with van der Waals surface area (Å²) < 4.78 is 5.42. The molecule has 1 N–H and O–H groups in total. The summed E-state index contributed by atoms with van der Waals surface area (Å²) in [5.41, 5.74) is 1.05. The van der Waals surface area contributed by atoms with Crippen LogP contribution in [0, 0.1) is 5.92 Å². The molecule has 0 aromatic heterocycles. The van der Waals surface area contributed by atoms with E-state index in [1.54, 1.807) is 0 Å². The molecule has 1 heterocycles. The first-order valence-electron chi connectivity index (χ1n) is 7.29. The zero-order valence-electron chi connectivity index (χ0n) is 11.2. The Bertz CT molecular complexity index is 418. The molecule has 3 heteroatoms. The van der Waals surface area contributed by atoms with Gasteiger partial charge in [0, 0.05) is 6.04 Å². The topological polar surface area (TPSA) is 38.3 Å². The molecule has 0 spiro atoms. The molecule has 1 aliphatic carbocycles. The summed E-state index contributed by atoms with van der Waals surface area (Å²) >= 11 is 0. The van der Waals surface area contributed by atoms with E-state index in [0.29, 0.717) is 18.6 Å². The molecular formula is C16H21NO2. The van der Waals surface area contributed by atoms with Crippen molar-refractivity contribution in [1.82, 2.24) is 5.32 Å². The van der Waals surface area contributed by atoms with E-state index >= 15 is 0 Å². The highest BCUT2D eigenvalue weighted by Crippen LogP contribution is 2.33. The van der Waals surface area contributed by atoms with E-state index in [-0.39, 0.29) is 12.0 Å². The molecule has 2 aliphatic rings. The van der Waals surface area contributed by atoms with Crippen molar-refractivity contribution in [1.29, 1.82) is 0 Å². The van der Waals surface area contributed by atoms with E-state index in [1.165, 1.54) is 25.7 Å². The van der Waals surface area contributed by atoms with Crippen LogP contribution >= 0.6 is 0 Å². The normalized spacial score (nSPS) is 29.8. The maximum atomic E-state index is 12.1. The van der Waals surface area contributed by atoms with Crippen molar-refractivity contribution in [3.8, 4) is 0 Å². The molecule has 1 aliphatic heterocycles. The molecule has 0 unspecified atom stereocenters. The molecule has 102 valence electrons. The SMILES string of the molecule is O=C(OCc1ccccc1)[C@H]1C[C@@H]2CCCC[C@@H]2N1. The van der Waals surface area contributed by atoms with E-state index in [1.807, 2.05) is 30.3 Å². The van der Waals surface area contributed by atoms with Crippen LogP contribution < -0.4 is 5.32 Å². The first-order chi connectivity index (χ1) is 9.33. The van der Waals surface area contributed by atoms with Gasteiger partial charge in [-0.2, -0.15) is 0 Å². The van der Waals surface area contributed by atoms with Crippen LogP contribution in [0.2, 0.25) is 0 Å². The maximum Gasteiger partial charge on any atom is 0.323 e. The van der Waals surface area contributed by atoms with Crippen molar-refractivity contribution < 1.29 is 9.53 Å². The van der Waals surface area contributed by atoms with Gasteiger partial charge in [-0.15, -0.1) is 0 Å². The lowest BCUT2D eigenvalue weighted by atomic mass is 9.85. The van der Waals surface area contributed by atoms with Gasteiger partial charge in [-0.25, -0.2) is 0 Å². The third-order valence-corrected chi connectivity index (χ3v) is 4.37. The van der Waals surface area contributed by atoms with E-state index in [0.717, 1.165) is 12.0 Å². The Kier molecular flexibility index (Phi) is 3.83. The van der Waals surface area contributed by atoms with Gasteiger partial charge >= 0.3 is 5.97 Å². The van der Waals surface area contributed by atoms with Crippen LogP contribution in [0.15, 0.2) is 30.3 Å². The Labute approximate surface area is 114 Å². The number of hydrogen-bond acceptors (Lipinski definition) is 3. The number of fused-ring (bicyclic) bond motifs is 1. The highest BCUT2D eigenvalue weighted by Gasteiger charge is 2.38. The summed E-state index contributed by atoms with van der Waals surface area (Å²) in [6.45, 7) is 0.382. The molecule has 1 saturated carbocycles. The molecule has 19 heavy (non-hydrogen) atoms. The van der Waals surface area contributed by atoms with Crippen LogP contribution in [0.5, 0.6) is 0 Å². The van der Waals surface area contributed by atoms with Gasteiger partial charge < -0.3 is 10.1 Å². The van der Waals surface area contributed by atoms with Crippen molar-refractivity contribution >= 4 is 5.97 Å². The number of carbonyl (C=O) groups excluding carboxylic acids is 1. The Balaban J connectivity index is 1.51. The van der Waals surface area contributed by atoms with Crippen LogP contribution in [0.25, 0.3) is 0 Å². The zero-order chi connectivity index (χ0) is 13.1. The average Bonchev–Trinajstić information content (AvgIpc) is 2.90. The second-order valence-corrected chi connectivity index (χ2v) is 5.70. The highest BCUT2D eigenvalue weighted by molar-refractivity contribution is 5.76. The van der Waals surface area contributed by atoms with E-state index in [4.69, 9.17) is 4.74 Å². The number of hydrogen-bond donors (Lipinski definition) is 1. The summed E-state index contributed by atoms with van der Waals surface area (Å²) in [4.78, 5) is 12.1. The lowest BCUT2D eigenvalue weighted by molar-refractivity contribution is -0.147. The molecule has 3 atom stereocenters. The average molecular weight is 259 g/mol. The number of ether oxygens (including phenoxy) is 1. The lowest BCUT2D eigenvalue weighted by Crippen LogP contribution is -2.37. The molecule has 0 amide bonds. The molecule has 1 aromatic carbocycles. The van der Waals surface area contributed by atoms with Crippen LogP contribution in [-0.4, -0.2) is 18.1 Å². The van der Waals surface area contributed by atoms with Crippen LogP contribution in [0.4, 0.5) is 0 Å². The van der Waals surface area contributed by atoms with Crippen molar-refractivity contribution in [2.75, 3.05) is 0 Å². The van der Waals surface area contributed by atoms with Crippen LogP contribution in [0.3, 0.4) is 0 Å². The first-order valence-corrected chi connectivity index (χ1v) is 7.29. The molecule has 0 radical (unpaired) electrons. The summed E-state index contributed by atoms with van der Waals surface area (Å²) in [6.07, 6.45) is 6.04. The number of carbonyl (C=O) groups is 1. The molecule has 2 fully saturated rings. The second kappa shape index (κ2) is 5.74. The van der Waals surface area contributed by atoms with Gasteiger partial charge in [-0.3, -0.25) is 4.79 Å². The fraction of sp³-hybridized carbons (Fsp3) is 0.562. The third kappa shape index (κ3) is 2.98. The fourth-order valence-electron chi connectivity index (χ4n) is 3.33. The van der Waals surface area contributed by atoms with Gasteiger partial charge in [0.25, 0.3) is 0 Å². The third-order valence-electron chi connectivity index (χ3n) is 4.37. The predicted molar refractivity (Wildman–Crippen MR) is 73.5 cm³/mol. The molecular weight excluding hydrogens is 238 g/mol. The van der Waals surface area contributed by atoms with E-state index in [2.05, 4.69) is 5.32 Å². The molecule has 0 bridgehead atoms. The summed E-state index contributed by atoms with van der Waals surface area (Å²) in [5.74, 6) is 0.598. The van der Waals surface area contributed by atoms with Gasteiger partial charge in [0.1, 0.15) is 12.6 Å². The molecule has 1 aromatic rings. The van der Waals surface area contributed by atoms with Gasteiger partial charge in [-0.05, 0) is 30.7 Å². The maximum absolute atomic E-state index is 12.1. The van der Waals surface area contributed by atoms with Gasteiger partial charge in [0.2, 0.25) is 0 Å². The van der Waals surface area contributed by atoms with Crippen molar-refractivity contribution in [3.05, 3.63) is 35.9 Å². The van der Waals surface area contributed by atoms with Crippen LogP contribution in [0.1, 0.15) is 37.7 Å². The monoisotopic (exact) mass is 259 g/mol. The van der Waals surface area contributed by atoms with Gasteiger partial charge in [0.15, 0.2) is 0 Å². The molecule has 3 nitrogen and oxygen atoms in total. The summed E-state index contributed by atoms with van der Waals surface area (Å²) in [7, 11) is 0. The van der Waals surface area contributed by atoms with E-state index in [9.17, 15) is 4.79 Å². The quantitative estimate of drug-likeness (QED) is 0.848. The highest BCUT2D eigenvalue weighted by atomic mass is 16.5. The van der Waals surface area contributed by atoms with E-state index < -0.39 is 0 Å². The van der Waals surface area contributed by atoms with Gasteiger partial charge in [-0.1, -0.05) is 43.2 Å². The minimum atomic E-state index is -0.0863. The Morgan fingerprint density at radius 3 is 2.79 bits per heavy atom. The first kappa shape index (κ1) is 12.7. The van der Waals surface area contributed by atoms with Crippen molar-refractivity contribution in [2.24, 2.45) is 5.92 Å². The second-order valence-electron chi connectivity index (χ2n) is 5.70. The molecule has 3 rings (SSSR count).